The molecule has 0 fully saturated rings. The lowest BCUT2D eigenvalue weighted by Gasteiger charge is -2.26. The first-order valence-corrected chi connectivity index (χ1v) is 12.8. The summed E-state index contributed by atoms with van der Waals surface area (Å²) in [7, 11) is -9.60. The topological polar surface area (TPSA) is 115 Å². The summed E-state index contributed by atoms with van der Waals surface area (Å²) in [5.74, 6) is 0. The second-order valence-corrected chi connectivity index (χ2v) is 11.4. The summed E-state index contributed by atoms with van der Waals surface area (Å²) in [5, 5.41) is 0.719. The zero-order valence-electron chi connectivity index (χ0n) is 18.5. The minimum absolute atomic E-state index is 0.142. The van der Waals surface area contributed by atoms with Crippen LogP contribution in [0.4, 0.5) is 0 Å². The standard InChI is InChI=1S/C22H28O6P2/c1-9-10(2)14(6)18-17(13(9)5)21(29(23,24)25)19-15(7)11(3)12(4)16(8)20(19)22(18)30(26,27)28/h1-8H3,(H2,23,24,25)(H2,26,27,28). The van der Waals surface area contributed by atoms with Crippen molar-refractivity contribution in [1.82, 2.24) is 0 Å². The molecule has 0 saturated heterocycles. The monoisotopic (exact) mass is 450 g/mol. The van der Waals surface area contributed by atoms with Gasteiger partial charge in [0, 0.05) is 21.5 Å². The summed E-state index contributed by atoms with van der Waals surface area (Å²) in [6.45, 7) is 14.5. The Kier molecular flexibility index (Phi) is 5.40. The molecule has 0 aliphatic rings. The second-order valence-electron chi connectivity index (χ2n) is 8.29. The minimum Gasteiger partial charge on any atom is -0.321 e. The van der Waals surface area contributed by atoms with Gasteiger partial charge in [-0.25, -0.2) is 0 Å². The Labute approximate surface area is 176 Å². The van der Waals surface area contributed by atoms with Crippen LogP contribution < -0.4 is 10.6 Å². The molecule has 3 aromatic rings. The van der Waals surface area contributed by atoms with E-state index in [0.29, 0.717) is 22.3 Å². The van der Waals surface area contributed by atoms with Crippen molar-refractivity contribution in [3.05, 3.63) is 44.5 Å². The zero-order chi connectivity index (χ0) is 23.1. The van der Waals surface area contributed by atoms with Crippen LogP contribution >= 0.6 is 15.2 Å². The van der Waals surface area contributed by atoms with Gasteiger partial charge >= 0.3 is 15.2 Å². The molecule has 0 aromatic heterocycles. The third kappa shape index (κ3) is 3.10. The molecule has 0 aliphatic heterocycles. The quantitative estimate of drug-likeness (QED) is 0.346. The molecule has 0 spiro atoms. The highest BCUT2D eigenvalue weighted by Crippen LogP contribution is 2.49. The van der Waals surface area contributed by atoms with Crippen molar-refractivity contribution in [2.75, 3.05) is 0 Å². The highest BCUT2D eigenvalue weighted by molar-refractivity contribution is 7.63. The minimum atomic E-state index is -4.80. The van der Waals surface area contributed by atoms with E-state index in [-0.39, 0.29) is 32.2 Å². The van der Waals surface area contributed by atoms with Gasteiger partial charge in [0.2, 0.25) is 0 Å². The maximum Gasteiger partial charge on any atom is 0.357 e. The van der Waals surface area contributed by atoms with Crippen LogP contribution in [0.15, 0.2) is 0 Å². The molecule has 0 unspecified atom stereocenters. The van der Waals surface area contributed by atoms with Crippen molar-refractivity contribution in [1.29, 1.82) is 0 Å². The fourth-order valence-corrected chi connectivity index (χ4v) is 6.92. The van der Waals surface area contributed by atoms with Gasteiger partial charge in [-0.15, -0.1) is 0 Å². The van der Waals surface area contributed by atoms with E-state index in [2.05, 4.69) is 0 Å². The van der Waals surface area contributed by atoms with Gasteiger partial charge in [-0.3, -0.25) is 9.13 Å². The third-order valence-electron chi connectivity index (χ3n) is 6.90. The van der Waals surface area contributed by atoms with Crippen molar-refractivity contribution < 1.29 is 28.7 Å². The van der Waals surface area contributed by atoms with Crippen molar-refractivity contribution in [2.45, 2.75) is 55.4 Å². The molecule has 0 heterocycles. The van der Waals surface area contributed by atoms with Gasteiger partial charge in [-0.2, -0.15) is 0 Å². The molecular weight excluding hydrogens is 422 g/mol. The van der Waals surface area contributed by atoms with E-state index in [4.69, 9.17) is 0 Å². The van der Waals surface area contributed by atoms with E-state index in [9.17, 15) is 28.7 Å². The summed E-state index contributed by atoms with van der Waals surface area (Å²) in [6, 6.07) is 0. The van der Waals surface area contributed by atoms with E-state index in [1.165, 1.54) is 0 Å². The Morgan fingerprint density at radius 3 is 0.700 bits per heavy atom. The third-order valence-corrected chi connectivity index (χ3v) is 8.96. The summed E-state index contributed by atoms with van der Waals surface area (Å²) < 4.78 is 25.7. The number of hydrogen-bond donors (Lipinski definition) is 4. The fraction of sp³-hybridized carbons (Fsp3) is 0.364. The van der Waals surface area contributed by atoms with Crippen LogP contribution in [-0.4, -0.2) is 19.6 Å². The van der Waals surface area contributed by atoms with Crippen LogP contribution in [0.25, 0.3) is 21.5 Å². The molecule has 6 nitrogen and oxygen atoms in total. The number of benzene rings is 3. The van der Waals surface area contributed by atoms with E-state index in [1.54, 1.807) is 27.7 Å². The lowest BCUT2D eigenvalue weighted by Crippen LogP contribution is -2.22. The number of fused-ring (bicyclic) bond motifs is 2. The van der Waals surface area contributed by atoms with E-state index < -0.39 is 15.2 Å². The SMILES string of the molecule is Cc1c(C)c(C)c2c(P(=O)(O)O)c3c(C)c(C)c(C)c(C)c3c(P(=O)(O)O)c2c1C. The smallest absolute Gasteiger partial charge is 0.321 e. The molecule has 30 heavy (non-hydrogen) atoms. The second kappa shape index (κ2) is 7.00. The van der Waals surface area contributed by atoms with Gasteiger partial charge in [0.1, 0.15) is 0 Å². The number of hydrogen-bond acceptors (Lipinski definition) is 2. The first-order valence-electron chi connectivity index (χ1n) is 9.61. The molecule has 0 amide bonds. The summed E-state index contributed by atoms with van der Waals surface area (Å²) in [4.78, 5) is 41.8. The fourth-order valence-electron chi connectivity index (χ4n) is 4.64. The summed E-state index contributed by atoms with van der Waals surface area (Å²) in [6.07, 6.45) is 0. The maximum atomic E-state index is 12.8. The predicted octanol–water partition coefficient (Wildman–Crippen LogP) is 4.07. The molecule has 0 atom stereocenters. The predicted molar refractivity (Wildman–Crippen MR) is 123 cm³/mol. The van der Waals surface area contributed by atoms with Gasteiger partial charge in [-0.05, 0) is 99.9 Å². The summed E-state index contributed by atoms with van der Waals surface area (Å²) in [5.41, 5.74) is 5.90. The first kappa shape index (κ1) is 23.1. The normalized spacial score (nSPS) is 12.9. The molecule has 3 aromatic carbocycles. The molecule has 162 valence electrons. The van der Waals surface area contributed by atoms with Crippen LogP contribution in [-0.2, 0) is 9.13 Å². The Morgan fingerprint density at radius 2 is 0.567 bits per heavy atom. The molecule has 8 heteroatoms. The van der Waals surface area contributed by atoms with E-state index in [1.807, 2.05) is 27.7 Å². The Bertz CT molecular complexity index is 1170. The molecule has 3 rings (SSSR count). The molecule has 0 radical (unpaired) electrons. The molecule has 0 bridgehead atoms. The molecule has 4 N–H and O–H groups in total. The largest absolute Gasteiger partial charge is 0.357 e. The van der Waals surface area contributed by atoms with Gasteiger partial charge in [0.15, 0.2) is 0 Å². The van der Waals surface area contributed by atoms with Crippen LogP contribution in [0.2, 0.25) is 0 Å². The molecule has 0 saturated carbocycles. The van der Waals surface area contributed by atoms with Gasteiger partial charge < -0.3 is 19.6 Å². The van der Waals surface area contributed by atoms with Crippen LogP contribution in [0.5, 0.6) is 0 Å². The average molecular weight is 450 g/mol. The van der Waals surface area contributed by atoms with Crippen molar-refractivity contribution in [3.8, 4) is 0 Å². The Hall–Kier alpha value is -1.52. The van der Waals surface area contributed by atoms with Gasteiger partial charge in [-0.1, -0.05) is 0 Å². The zero-order valence-corrected chi connectivity index (χ0v) is 20.3. The average Bonchev–Trinajstić information content (AvgIpc) is 2.63. The first-order chi connectivity index (χ1) is 13.5. The van der Waals surface area contributed by atoms with Crippen molar-refractivity contribution in [3.63, 3.8) is 0 Å². The summed E-state index contributed by atoms with van der Waals surface area (Å²) >= 11 is 0. The number of rotatable bonds is 2. The highest BCUT2D eigenvalue weighted by Gasteiger charge is 2.36. The van der Waals surface area contributed by atoms with Crippen LogP contribution in [0.3, 0.4) is 0 Å². The molecule has 0 aliphatic carbocycles. The van der Waals surface area contributed by atoms with Crippen LogP contribution in [0, 0.1) is 55.4 Å². The lowest BCUT2D eigenvalue weighted by molar-refractivity contribution is 0.385. The highest BCUT2D eigenvalue weighted by atomic mass is 31.2. The van der Waals surface area contributed by atoms with Crippen molar-refractivity contribution in [2.24, 2.45) is 0 Å². The van der Waals surface area contributed by atoms with E-state index >= 15 is 0 Å². The Balaban J connectivity index is 3.05. The van der Waals surface area contributed by atoms with Gasteiger partial charge in [0.25, 0.3) is 0 Å². The van der Waals surface area contributed by atoms with Gasteiger partial charge in [0.05, 0.1) is 10.6 Å². The lowest BCUT2D eigenvalue weighted by atomic mass is 9.85. The van der Waals surface area contributed by atoms with E-state index in [0.717, 1.165) is 22.3 Å². The maximum absolute atomic E-state index is 12.8. The van der Waals surface area contributed by atoms with Crippen molar-refractivity contribution >= 4 is 47.3 Å². The van der Waals surface area contributed by atoms with Crippen LogP contribution in [0.1, 0.15) is 44.5 Å². The number of aryl methyl sites for hydroxylation is 4. The Morgan fingerprint density at radius 1 is 0.400 bits per heavy atom. The molecular formula is C22H28O6P2.